The summed E-state index contributed by atoms with van der Waals surface area (Å²) >= 11 is 9.58. The lowest BCUT2D eigenvalue weighted by Crippen LogP contribution is -2.06. The summed E-state index contributed by atoms with van der Waals surface area (Å²) < 4.78 is 26.0. The molecule has 0 spiro atoms. The lowest BCUT2D eigenvalue weighted by atomic mass is 10.2. The molecule has 5 nitrogen and oxygen atoms in total. The number of anilines is 2. The van der Waals surface area contributed by atoms with E-state index < -0.39 is 5.82 Å². The highest BCUT2D eigenvalue weighted by atomic mass is 79.9. The number of carbonyl (C=O) groups is 1. The fourth-order valence-corrected chi connectivity index (χ4v) is 3.73. The molecule has 0 saturated carbocycles. The van der Waals surface area contributed by atoms with E-state index in [0.29, 0.717) is 27.5 Å². The number of rotatable bonds is 8. The molecule has 0 unspecified atom stereocenters. The molecule has 0 aliphatic rings. The molecule has 1 amide bonds. The van der Waals surface area contributed by atoms with Gasteiger partial charge in [0.1, 0.15) is 12.4 Å². The minimum absolute atomic E-state index is 0.0291. The summed E-state index contributed by atoms with van der Waals surface area (Å²) in [6.07, 6.45) is 0. The molecule has 0 bridgehead atoms. The number of benzene rings is 3. The van der Waals surface area contributed by atoms with Crippen LogP contribution in [0.5, 0.6) is 11.5 Å². The number of amides is 1. The van der Waals surface area contributed by atoms with Crippen molar-refractivity contribution in [2.75, 3.05) is 17.7 Å². The molecule has 0 heterocycles. The molecule has 3 rings (SSSR count). The van der Waals surface area contributed by atoms with Gasteiger partial charge >= 0.3 is 0 Å². The molecular weight excluding hydrogens is 487 g/mol. The lowest BCUT2D eigenvalue weighted by Gasteiger charge is -2.16. The molecule has 0 atom stereocenters. The molecule has 0 aromatic heterocycles. The third kappa shape index (κ3) is 6.12. The van der Waals surface area contributed by atoms with E-state index in [9.17, 15) is 9.18 Å². The second-order valence-corrected chi connectivity index (χ2v) is 7.97. The van der Waals surface area contributed by atoms with Crippen LogP contribution in [0.4, 0.5) is 15.8 Å². The van der Waals surface area contributed by atoms with Gasteiger partial charge in [0, 0.05) is 30.4 Å². The van der Waals surface area contributed by atoms with Gasteiger partial charge in [-0.2, -0.15) is 0 Å². The zero-order valence-corrected chi connectivity index (χ0v) is 19.3. The Morgan fingerprint density at radius 2 is 1.84 bits per heavy atom. The van der Waals surface area contributed by atoms with Crippen LogP contribution in [0, 0.1) is 5.82 Å². The van der Waals surface area contributed by atoms with Gasteiger partial charge in [0.25, 0.3) is 0 Å². The minimum atomic E-state index is -0.423. The van der Waals surface area contributed by atoms with Crippen molar-refractivity contribution < 1.29 is 18.7 Å². The largest absolute Gasteiger partial charge is 0.493 e. The van der Waals surface area contributed by atoms with Crippen LogP contribution >= 0.6 is 27.5 Å². The van der Waals surface area contributed by atoms with Gasteiger partial charge in [0.2, 0.25) is 5.91 Å². The molecule has 0 aliphatic heterocycles. The van der Waals surface area contributed by atoms with Crippen LogP contribution < -0.4 is 20.1 Å². The highest BCUT2D eigenvalue weighted by molar-refractivity contribution is 9.10. The first-order chi connectivity index (χ1) is 14.9. The maximum Gasteiger partial charge on any atom is 0.221 e. The summed E-state index contributed by atoms with van der Waals surface area (Å²) in [4.78, 5) is 11.1. The van der Waals surface area contributed by atoms with E-state index in [1.165, 1.54) is 13.0 Å². The molecular formula is C23H21BrClFN2O3. The first kappa shape index (κ1) is 22.9. The number of hydrogen-bond acceptors (Lipinski definition) is 4. The fraction of sp³-hybridized carbons (Fsp3) is 0.174. The Kier molecular flexibility index (Phi) is 7.76. The first-order valence-corrected chi connectivity index (χ1v) is 10.6. The van der Waals surface area contributed by atoms with Crippen molar-refractivity contribution in [1.29, 1.82) is 0 Å². The average molecular weight is 508 g/mol. The maximum absolute atomic E-state index is 14.0. The van der Waals surface area contributed by atoms with Crippen molar-refractivity contribution in [1.82, 2.24) is 0 Å². The van der Waals surface area contributed by atoms with Crippen molar-refractivity contribution >= 4 is 44.8 Å². The van der Waals surface area contributed by atoms with Crippen LogP contribution in [0.25, 0.3) is 0 Å². The minimum Gasteiger partial charge on any atom is -0.493 e. The SMILES string of the molecule is COc1cc(CNc2ccc(NC(C)=O)cc2)cc(Br)c1OCc1c(F)cccc1Cl. The molecule has 0 saturated heterocycles. The second kappa shape index (κ2) is 10.5. The molecule has 162 valence electrons. The van der Waals surface area contributed by atoms with Gasteiger partial charge in [-0.25, -0.2) is 4.39 Å². The lowest BCUT2D eigenvalue weighted by molar-refractivity contribution is -0.114. The molecule has 3 aromatic rings. The van der Waals surface area contributed by atoms with Crippen molar-refractivity contribution in [3.63, 3.8) is 0 Å². The van der Waals surface area contributed by atoms with E-state index in [2.05, 4.69) is 26.6 Å². The Balaban J connectivity index is 1.69. The van der Waals surface area contributed by atoms with Crippen molar-refractivity contribution in [3.05, 3.63) is 81.0 Å². The van der Waals surface area contributed by atoms with Gasteiger partial charge in [0.05, 0.1) is 16.6 Å². The molecule has 3 aromatic carbocycles. The highest BCUT2D eigenvalue weighted by Crippen LogP contribution is 2.38. The van der Waals surface area contributed by atoms with E-state index in [0.717, 1.165) is 16.9 Å². The normalized spacial score (nSPS) is 10.5. The second-order valence-electron chi connectivity index (χ2n) is 6.71. The van der Waals surface area contributed by atoms with E-state index in [-0.39, 0.29) is 18.1 Å². The number of hydrogen-bond donors (Lipinski definition) is 2. The van der Waals surface area contributed by atoms with Gasteiger partial charge < -0.3 is 20.1 Å². The Morgan fingerprint density at radius 3 is 2.48 bits per heavy atom. The summed E-state index contributed by atoms with van der Waals surface area (Å²) in [6, 6.07) is 15.7. The number of halogens is 3. The maximum atomic E-state index is 14.0. The Bertz CT molecular complexity index is 1060. The number of carbonyl (C=O) groups excluding carboxylic acids is 1. The van der Waals surface area contributed by atoms with Gasteiger partial charge in [-0.1, -0.05) is 17.7 Å². The van der Waals surface area contributed by atoms with E-state index in [1.807, 2.05) is 36.4 Å². The van der Waals surface area contributed by atoms with Crippen molar-refractivity contribution in [2.24, 2.45) is 0 Å². The number of methoxy groups -OCH3 is 1. The predicted octanol–water partition coefficient (Wildman–Crippen LogP) is 6.40. The summed E-state index contributed by atoms with van der Waals surface area (Å²) in [5.74, 6) is 0.440. The summed E-state index contributed by atoms with van der Waals surface area (Å²) in [6.45, 7) is 1.97. The smallest absolute Gasteiger partial charge is 0.221 e. The van der Waals surface area contributed by atoms with Crippen LogP contribution in [0.1, 0.15) is 18.1 Å². The Labute approximate surface area is 193 Å². The molecule has 2 N–H and O–H groups in total. The van der Waals surface area contributed by atoms with Crippen LogP contribution in [0.15, 0.2) is 59.1 Å². The van der Waals surface area contributed by atoms with E-state index in [1.54, 1.807) is 19.2 Å². The number of nitrogens with one attached hydrogen (secondary N) is 2. The third-order valence-corrected chi connectivity index (χ3v) is 5.36. The molecule has 0 fully saturated rings. The van der Waals surface area contributed by atoms with Gasteiger partial charge in [-0.05, 0) is 70.0 Å². The predicted molar refractivity (Wildman–Crippen MR) is 125 cm³/mol. The quantitative estimate of drug-likeness (QED) is 0.370. The first-order valence-electron chi connectivity index (χ1n) is 9.41. The van der Waals surface area contributed by atoms with Crippen molar-refractivity contribution in [3.8, 4) is 11.5 Å². The van der Waals surface area contributed by atoms with E-state index in [4.69, 9.17) is 21.1 Å². The zero-order valence-electron chi connectivity index (χ0n) is 17.0. The Morgan fingerprint density at radius 1 is 1.13 bits per heavy atom. The number of ether oxygens (including phenoxy) is 2. The van der Waals surface area contributed by atoms with Gasteiger partial charge in [-0.15, -0.1) is 0 Å². The van der Waals surface area contributed by atoms with Crippen LogP contribution in [-0.4, -0.2) is 13.0 Å². The third-order valence-electron chi connectivity index (χ3n) is 4.41. The topological polar surface area (TPSA) is 59.6 Å². The molecule has 0 radical (unpaired) electrons. The van der Waals surface area contributed by atoms with Crippen LogP contribution in [0.2, 0.25) is 5.02 Å². The van der Waals surface area contributed by atoms with Crippen LogP contribution in [0.3, 0.4) is 0 Å². The van der Waals surface area contributed by atoms with E-state index >= 15 is 0 Å². The molecule has 0 aliphatic carbocycles. The van der Waals surface area contributed by atoms with Crippen molar-refractivity contribution in [2.45, 2.75) is 20.1 Å². The molecule has 8 heteroatoms. The Hall–Kier alpha value is -2.77. The fourth-order valence-electron chi connectivity index (χ4n) is 2.91. The summed E-state index contributed by atoms with van der Waals surface area (Å²) in [5, 5.41) is 6.35. The monoisotopic (exact) mass is 506 g/mol. The highest BCUT2D eigenvalue weighted by Gasteiger charge is 2.14. The zero-order chi connectivity index (χ0) is 22.4. The molecule has 31 heavy (non-hydrogen) atoms. The summed E-state index contributed by atoms with van der Waals surface area (Å²) in [7, 11) is 1.54. The van der Waals surface area contributed by atoms with Gasteiger partial charge in [0.15, 0.2) is 11.5 Å². The van der Waals surface area contributed by atoms with Crippen LogP contribution in [-0.2, 0) is 17.9 Å². The standard InChI is InChI=1S/C23H21BrClFN2O3/c1-14(29)28-17-8-6-16(7-9-17)27-12-15-10-19(24)23(22(11-15)30-2)31-13-18-20(25)4-3-5-21(18)26/h3-11,27H,12-13H2,1-2H3,(H,28,29). The average Bonchev–Trinajstić information content (AvgIpc) is 2.73. The van der Waals surface area contributed by atoms with Gasteiger partial charge in [-0.3, -0.25) is 4.79 Å². The summed E-state index contributed by atoms with van der Waals surface area (Å²) in [5.41, 5.74) is 2.87.